The van der Waals surface area contributed by atoms with Gasteiger partial charge in [0.1, 0.15) is 12.1 Å². The van der Waals surface area contributed by atoms with Crippen molar-refractivity contribution in [2.45, 2.75) is 58.2 Å². The first-order valence-corrected chi connectivity index (χ1v) is 11.6. The third kappa shape index (κ3) is 7.21. The first-order valence-electron chi connectivity index (χ1n) is 10.6. The summed E-state index contributed by atoms with van der Waals surface area (Å²) in [7, 11) is 0. The minimum atomic E-state index is -1.06. The molecule has 4 amide bonds. The molecule has 11 heteroatoms. The van der Waals surface area contributed by atoms with Crippen LogP contribution in [-0.4, -0.2) is 73.8 Å². The number of amidine groups is 1. The van der Waals surface area contributed by atoms with Crippen molar-refractivity contribution in [1.29, 1.82) is 0 Å². The molecule has 0 aliphatic carbocycles. The van der Waals surface area contributed by atoms with Crippen LogP contribution in [0.3, 0.4) is 0 Å². The number of hydrogen-bond donors (Lipinski definition) is 3. The largest absolute Gasteiger partial charge is 0.465 e. The Morgan fingerprint density at radius 3 is 2.45 bits per heavy atom. The summed E-state index contributed by atoms with van der Waals surface area (Å²) in [5.41, 5.74) is 5.52. The fraction of sp³-hybridized carbons (Fsp3) is 0.500. The Labute approximate surface area is 197 Å². The molecule has 1 fully saturated rings. The lowest BCUT2D eigenvalue weighted by Gasteiger charge is -2.33. The zero-order valence-electron chi connectivity index (χ0n) is 19.3. The Morgan fingerprint density at radius 2 is 1.91 bits per heavy atom. The second-order valence-corrected chi connectivity index (χ2v) is 9.61. The van der Waals surface area contributed by atoms with Gasteiger partial charge in [-0.15, -0.1) is 0 Å². The number of amides is 4. The van der Waals surface area contributed by atoms with E-state index in [0.29, 0.717) is 17.3 Å². The van der Waals surface area contributed by atoms with Crippen molar-refractivity contribution >= 4 is 46.4 Å². The molecule has 4 N–H and O–H groups in total. The topological polar surface area (TPSA) is 145 Å². The lowest BCUT2D eigenvalue weighted by atomic mass is 10.0. The van der Waals surface area contributed by atoms with Crippen molar-refractivity contribution in [1.82, 2.24) is 15.1 Å². The second kappa shape index (κ2) is 11.2. The van der Waals surface area contributed by atoms with Crippen LogP contribution in [0.1, 0.15) is 40.5 Å². The van der Waals surface area contributed by atoms with Crippen LogP contribution in [0.2, 0.25) is 0 Å². The summed E-state index contributed by atoms with van der Waals surface area (Å²) in [6, 6.07) is 7.19. The fourth-order valence-corrected chi connectivity index (χ4v) is 4.28. The number of primary amides is 1. The number of rotatable bonds is 9. The molecule has 2 atom stereocenters. The highest BCUT2D eigenvalue weighted by atomic mass is 32.2. The monoisotopic (exact) mass is 477 g/mol. The van der Waals surface area contributed by atoms with Gasteiger partial charge < -0.3 is 21.1 Å². The van der Waals surface area contributed by atoms with Crippen molar-refractivity contribution in [3.8, 4) is 0 Å². The molecule has 10 nitrogen and oxygen atoms in total. The molecule has 0 bridgehead atoms. The van der Waals surface area contributed by atoms with E-state index in [1.54, 1.807) is 39.8 Å². The van der Waals surface area contributed by atoms with Gasteiger partial charge in [0, 0.05) is 12.1 Å². The summed E-state index contributed by atoms with van der Waals surface area (Å²) in [4.78, 5) is 55.8. The van der Waals surface area contributed by atoms with E-state index in [0.717, 1.165) is 0 Å². The quantitative estimate of drug-likeness (QED) is 0.497. The van der Waals surface area contributed by atoms with Crippen LogP contribution in [0.15, 0.2) is 35.3 Å². The summed E-state index contributed by atoms with van der Waals surface area (Å²) in [6.07, 6.45) is -0.571. The maximum atomic E-state index is 12.9. The van der Waals surface area contributed by atoms with E-state index in [-0.39, 0.29) is 24.6 Å². The van der Waals surface area contributed by atoms with Crippen LogP contribution in [0, 0.1) is 0 Å². The summed E-state index contributed by atoms with van der Waals surface area (Å²) >= 11 is 1.24. The molecule has 1 aromatic carbocycles. The Morgan fingerprint density at radius 1 is 1.27 bits per heavy atom. The van der Waals surface area contributed by atoms with Gasteiger partial charge in [-0.1, -0.05) is 30.0 Å². The van der Waals surface area contributed by atoms with Crippen molar-refractivity contribution in [2.75, 3.05) is 12.3 Å². The zero-order valence-corrected chi connectivity index (χ0v) is 20.1. The first-order chi connectivity index (χ1) is 15.4. The van der Waals surface area contributed by atoms with Crippen LogP contribution in [0.25, 0.3) is 0 Å². The van der Waals surface area contributed by atoms with E-state index in [1.807, 2.05) is 18.2 Å². The maximum Gasteiger partial charge on any atom is 0.407 e. The van der Waals surface area contributed by atoms with E-state index in [9.17, 15) is 24.3 Å². The highest BCUT2D eigenvalue weighted by molar-refractivity contribution is 8.15. The SMILES string of the molecule is C[C@H](C(=O)N[C@@H](CCCN(C(=O)O)C(C)(C)C)C(N)=O)N1C(=O)CS/C1=N\c1ccccc1. The molecule has 1 saturated heterocycles. The number of hydrogen-bond acceptors (Lipinski definition) is 6. The molecule has 1 aliphatic rings. The highest BCUT2D eigenvalue weighted by Crippen LogP contribution is 2.25. The minimum Gasteiger partial charge on any atom is -0.465 e. The average molecular weight is 478 g/mol. The van der Waals surface area contributed by atoms with Gasteiger partial charge in [0.05, 0.1) is 11.4 Å². The molecule has 1 heterocycles. The third-order valence-corrected chi connectivity index (χ3v) is 6.06. The Bertz CT molecular complexity index is 916. The molecule has 0 radical (unpaired) electrons. The molecule has 1 aromatic rings. The minimum absolute atomic E-state index is 0.167. The molecule has 2 rings (SSSR count). The summed E-state index contributed by atoms with van der Waals surface area (Å²) < 4.78 is 0. The van der Waals surface area contributed by atoms with E-state index in [2.05, 4.69) is 10.3 Å². The lowest BCUT2D eigenvalue weighted by Crippen LogP contribution is -2.53. The number of carbonyl (C=O) groups is 4. The molecule has 33 heavy (non-hydrogen) atoms. The van der Waals surface area contributed by atoms with E-state index < -0.39 is 35.5 Å². The third-order valence-electron chi connectivity index (χ3n) is 5.12. The number of nitrogens with one attached hydrogen (secondary N) is 1. The molecule has 0 spiro atoms. The summed E-state index contributed by atoms with van der Waals surface area (Å²) in [6.45, 7) is 7.06. The van der Waals surface area contributed by atoms with Gasteiger partial charge in [0.2, 0.25) is 17.7 Å². The van der Waals surface area contributed by atoms with Gasteiger partial charge in [-0.2, -0.15) is 0 Å². The number of carbonyl (C=O) groups excluding carboxylic acids is 3. The molecule has 0 unspecified atom stereocenters. The van der Waals surface area contributed by atoms with Crippen LogP contribution in [0.5, 0.6) is 0 Å². The first kappa shape index (κ1) is 26.2. The van der Waals surface area contributed by atoms with Crippen molar-refractivity contribution in [2.24, 2.45) is 10.7 Å². The predicted octanol–water partition coefficient (Wildman–Crippen LogP) is 2.17. The van der Waals surface area contributed by atoms with Gasteiger partial charge in [-0.05, 0) is 52.7 Å². The van der Waals surface area contributed by atoms with Gasteiger partial charge >= 0.3 is 6.09 Å². The van der Waals surface area contributed by atoms with Crippen LogP contribution in [0.4, 0.5) is 10.5 Å². The summed E-state index contributed by atoms with van der Waals surface area (Å²) in [5.74, 6) is -1.36. The number of carboxylic acid groups (broad SMARTS) is 1. The number of para-hydroxylation sites is 1. The van der Waals surface area contributed by atoms with Crippen molar-refractivity contribution < 1.29 is 24.3 Å². The van der Waals surface area contributed by atoms with Gasteiger partial charge in [-0.25, -0.2) is 9.79 Å². The highest BCUT2D eigenvalue weighted by Gasteiger charge is 2.36. The van der Waals surface area contributed by atoms with Crippen LogP contribution >= 0.6 is 11.8 Å². The maximum absolute atomic E-state index is 12.9. The Hall–Kier alpha value is -3.08. The molecule has 180 valence electrons. The normalized spacial score (nSPS) is 17.0. The lowest BCUT2D eigenvalue weighted by molar-refractivity contribution is -0.134. The second-order valence-electron chi connectivity index (χ2n) is 8.67. The van der Waals surface area contributed by atoms with E-state index in [4.69, 9.17) is 5.73 Å². The number of thioether (sulfide) groups is 1. The average Bonchev–Trinajstić information content (AvgIpc) is 3.08. The molecular formula is C22H31N5O5S. The Kier molecular flexibility index (Phi) is 8.86. The van der Waals surface area contributed by atoms with Gasteiger partial charge in [0.25, 0.3) is 0 Å². The van der Waals surface area contributed by atoms with Crippen molar-refractivity contribution in [3.05, 3.63) is 30.3 Å². The number of nitrogens with two attached hydrogens (primary N) is 1. The van der Waals surface area contributed by atoms with Gasteiger partial charge in [-0.3, -0.25) is 19.3 Å². The Balaban J connectivity index is 2.05. The zero-order chi connectivity index (χ0) is 24.8. The number of aliphatic imine (C=N–C) groups is 1. The number of benzene rings is 1. The number of nitrogens with zero attached hydrogens (tertiary/aromatic N) is 3. The predicted molar refractivity (Wildman–Crippen MR) is 127 cm³/mol. The van der Waals surface area contributed by atoms with E-state index in [1.165, 1.54) is 21.6 Å². The fourth-order valence-electron chi connectivity index (χ4n) is 3.32. The molecule has 1 aliphatic heterocycles. The standard InChI is InChI=1S/C22H31N5O5S/c1-14(27-17(28)13-33-20(27)24-15-9-6-5-7-10-15)19(30)25-16(18(23)29)11-8-12-26(21(31)32)22(2,3)4/h5-7,9-10,14,16H,8,11-13H2,1-4H3,(H2,23,29)(H,25,30)(H,31,32)/b24-20-/t14-,16+/m1/s1. The smallest absolute Gasteiger partial charge is 0.407 e. The molecule has 0 aromatic heterocycles. The van der Waals surface area contributed by atoms with E-state index >= 15 is 0 Å². The molecular weight excluding hydrogens is 446 g/mol. The molecule has 0 saturated carbocycles. The van der Waals surface area contributed by atoms with Crippen LogP contribution < -0.4 is 11.1 Å². The van der Waals surface area contributed by atoms with Gasteiger partial charge in [0.15, 0.2) is 5.17 Å². The summed E-state index contributed by atoms with van der Waals surface area (Å²) in [5, 5.41) is 12.4. The van der Waals surface area contributed by atoms with Crippen LogP contribution in [-0.2, 0) is 14.4 Å². The van der Waals surface area contributed by atoms with Crippen molar-refractivity contribution in [3.63, 3.8) is 0 Å².